The van der Waals surface area contributed by atoms with E-state index in [1.54, 1.807) is 6.07 Å². The molecule has 0 heterocycles. The molecule has 2 N–H and O–H groups in total. The molecule has 0 saturated carbocycles. The number of hydrogen-bond donors (Lipinski definition) is 2. The molecule has 0 aromatic heterocycles. The van der Waals surface area contributed by atoms with E-state index in [1.807, 2.05) is 31.2 Å². The molecule has 0 aliphatic heterocycles. The molecule has 0 aliphatic rings. The van der Waals surface area contributed by atoms with E-state index >= 15 is 0 Å². The molecule has 7 heteroatoms. The topological polar surface area (TPSA) is 84.5 Å². The Morgan fingerprint density at radius 1 is 1.19 bits per heavy atom. The quantitative estimate of drug-likeness (QED) is 0.694. The number of terminal acetylenes is 1. The highest BCUT2D eigenvalue weighted by molar-refractivity contribution is 7.89. The van der Waals surface area contributed by atoms with E-state index in [4.69, 9.17) is 11.2 Å². The monoisotopic (exact) mass is 372 g/mol. The number of ether oxygens (including phenoxy) is 1. The Morgan fingerprint density at radius 3 is 2.69 bits per heavy atom. The molecule has 2 rings (SSSR count). The molecule has 0 atom stereocenters. The van der Waals surface area contributed by atoms with Gasteiger partial charge in [-0.2, -0.15) is 4.72 Å². The van der Waals surface area contributed by atoms with Crippen LogP contribution in [0, 0.1) is 12.3 Å². The summed E-state index contributed by atoms with van der Waals surface area (Å²) in [5.74, 6) is 2.56. The van der Waals surface area contributed by atoms with Crippen LogP contribution < -0.4 is 14.8 Å². The molecule has 0 aliphatic carbocycles. The van der Waals surface area contributed by atoms with Crippen LogP contribution in [0.5, 0.6) is 5.75 Å². The lowest BCUT2D eigenvalue weighted by molar-refractivity contribution is 0.0950. The van der Waals surface area contributed by atoms with Crippen molar-refractivity contribution >= 4 is 15.9 Å². The van der Waals surface area contributed by atoms with Crippen LogP contribution in [0.2, 0.25) is 0 Å². The van der Waals surface area contributed by atoms with Crippen molar-refractivity contribution in [1.82, 2.24) is 10.0 Å². The number of carbonyl (C=O) groups is 1. The summed E-state index contributed by atoms with van der Waals surface area (Å²) in [5.41, 5.74) is 1.12. The largest absolute Gasteiger partial charge is 0.494 e. The highest BCUT2D eigenvalue weighted by atomic mass is 32.2. The Bertz CT molecular complexity index is 917. The standard InChI is InChI=1S/C19H20N2O4S/c1-3-11-21-26(23,24)18-10-6-8-16(13-18)19(22)20-14-15-7-5-9-17(12-15)25-4-2/h1,5-10,12-13,21H,4,11,14H2,2H3,(H,20,22). The highest BCUT2D eigenvalue weighted by Gasteiger charge is 2.15. The number of sulfonamides is 1. The van der Waals surface area contributed by atoms with Crippen molar-refractivity contribution in [2.24, 2.45) is 0 Å². The van der Waals surface area contributed by atoms with Gasteiger partial charge in [0.15, 0.2) is 0 Å². The van der Waals surface area contributed by atoms with Gasteiger partial charge >= 0.3 is 0 Å². The maximum Gasteiger partial charge on any atom is 0.251 e. The van der Waals surface area contributed by atoms with Crippen LogP contribution in [0.3, 0.4) is 0 Å². The zero-order valence-corrected chi connectivity index (χ0v) is 15.2. The van der Waals surface area contributed by atoms with Crippen molar-refractivity contribution in [2.45, 2.75) is 18.4 Å². The summed E-state index contributed by atoms with van der Waals surface area (Å²) in [4.78, 5) is 12.3. The van der Waals surface area contributed by atoms with Crippen LogP contribution in [0.1, 0.15) is 22.8 Å². The second kappa shape index (κ2) is 9.04. The number of benzene rings is 2. The van der Waals surface area contributed by atoms with Crippen molar-refractivity contribution in [1.29, 1.82) is 0 Å². The molecule has 2 aromatic rings. The van der Waals surface area contributed by atoms with Crippen LogP contribution in [0.15, 0.2) is 53.4 Å². The SMILES string of the molecule is C#CCNS(=O)(=O)c1cccc(C(=O)NCc2cccc(OCC)c2)c1. The van der Waals surface area contributed by atoms with Crippen LogP contribution in [0.25, 0.3) is 0 Å². The first-order valence-electron chi connectivity index (χ1n) is 7.99. The normalized spacial score (nSPS) is 10.8. The van der Waals surface area contributed by atoms with Gasteiger partial charge in [-0.15, -0.1) is 6.42 Å². The molecule has 0 radical (unpaired) electrons. The van der Waals surface area contributed by atoms with Gasteiger partial charge in [0.25, 0.3) is 5.91 Å². The molecule has 2 aromatic carbocycles. The molecule has 0 fully saturated rings. The van der Waals surface area contributed by atoms with E-state index in [-0.39, 0.29) is 22.9 Å². The van der Waals surface area contributed by atoms with Gasteiger partial charge in [-0.3, -0.25) is 4.79 Å². The maximum absolute atomic E-state index is 12.3. The van der Waals surface area contributed by atoms with Crippen molar-refractivity contribution in [3.63, 3.8) is 0 Å². The van der Waals surface area contributed by atoms with Crippen molar-refractivity contribution in [3.05, 3.63) is 59.7 Å². The fourth-order valence-corrected chi connectivity index (χ4v) is 3.20. The third kappa shape index (κ3) is 5.34. The molecular formula is C19H20N2O4S. The first-order chi connectivity index (χ1) is 12.5. The Labute approximate surface area is 153 Å². The molecule has 0 saturated heterocycles. The summed E-state index contributed by atoms with van der Waals surface area (Å²) < 4.78 is 31.9. The van der Waals surface area contributed by atoms with Gasteiger partial charge < -0.3 is 10.1 Å². The molecule has 0 bridgehead atoms. The smallest absolute Gasteiger partial charge is 0.251 e. The fourth-order valence-electron chi connectivity index (χ4n) is 2.22. The maximum atomic E-state index is 12.3. The molecular weight excluding hydrogens is 352 g/mol. The molecule has 6 nitrogen and oxygen atoms in total. The Balaban J connectivity index is 2.07. The van der Waals surface area contributed by atoms with Gasteiger partial charge in [0.2, 0.25) is 10.0 Å². The average Bonchev–Trinajstić information content (AvgIpc) is 2.65. The van der Waals surface area contributed by atoms with Crippen molar-refractivity contribution in [3.8, 4) is 18.1 Å². The summed E-state index contributed by atoms with van der Waals surface area (Å²) in [7, 11) is -3.75. The highest BCUT2D eigenvalue weighted by Crippen LogP contribution is 2.14. The zero-order chi connectivity index (χ0) is 19.0. The summed E-state index contributed by atoms with van der Waals surface area (Å²) in [6.45, 7) is 2.64. The van der Waals surface area contributed by atoms with Gasteiger partial charge in [-0.25, -0.2) is 8.42 Å². The molecule has 0 spiro atoms. The Kier molecular flexibility index (Phi) is 6.78. The van der Waals surface area contributed by atoms with Crippen LogP contribution in [-0.2, 0) is 16.6 Å². The predicted molar refractivity (Wildman–Crippen MR) is 99.2 cm³/mol. The third-order valence-electron chi connectivity index (χ3n) is 3.43. The van der Waals surface area contributed by atoms with Gasteiger partial charge in [-0.05, 0) is 42.8 Å². The minimum absolute atomic E-state index is 0.0151. The first-order valence-corrected chi connectivity index (χ1v) is 9.47. The number of rotatable bonds is 8. The molecule has 136 valence electrons. The van der Waals surface area contributed by atoms with Crippen LogP contribution in [-0.4, -0.2) is 27.5 Å². The average molecular weight is 372 g/mol. The Hall–Kier alpha value is -2.82. The summed E-state index contributed by atoms with van der Waals surface area (Å²) in [5, 5.41) is 2.76. The van der Waals surface area contributed by atoms with E-state index in [0.29, 0.717) is 13.2 Å². The zero-order valence-electron chi connectivity index (χ0n) is 14.4. The second-order valence-electron chi connectivity index (χ2n) is 5.32. The lowest BCUT2D eigenvalue weighted by Crippen LogP contribution is -2.25. The van der Waals surface area contributed by atoms with E-state index in [0.717, 1.165) is 11.3 Å². The summed E-state index contributed by atoms with van der Waals surface area (Å²) >= 11 is 0. The van der Waals surface area contributed by atoms with E-state index < -0.39 is 10.0 Å². The van der Waals surface area contributed by atoms with E-state index in [9.17, 15) is 13.2 Å². The van der Waals surface area contributed by atoms with Gasteiger partial charge in [-0.1, -0.05) is 24.1 Å². The van der Waals surface area contributed by atoms with Crippen LogP contribution >= 0.6 is 0 Å². The lowest BCUT2D eigenvalue weighted by Gasteiger charge is -2.09. The molecule has 1 amide bonds. The second-order valence-corrected chi connectivity index (χ2v) is 7.09. The number of hydrogen-bond acceptors (Lipinski definition) is 4. The van der Waals surface area contributed by atoms with Crippen LogP contribution in [0.4, 0.5) is 0 Å². The Morgan fingerprint density at radius 2 is 1.96 bits per heavy atom. The number of carbonyl (C=O) groups excluding carboxylic acids is 1. The van der Waals surface area contributed by atoms with Gasteiger partial charge in [0, 0.05) is 12.1 Å². The number of amides is 1. The van der Waals surface area contributed by atoms with Gasteiger partial charge in [0.1, 0.15) is 5.75 Å². The summed E-state index contributed by atoms with van der Waals surface area (Å²) in [6.07, 6.45) is 5.07. The summed E-state index contributed by atoms with van der Waals surface area (Å²) in [6, 6.07) is 13.2. The van der Waals surface area contributed by atoms with Crippen molar-refractivity contribution < 1.29 is 17.9 Å². The molecule has 26 heavy (non-hydrogen) atoms. The third-order valence-corrected chi connectivity index (χ3v) is 4.83. The fraction of sp³-hybridized carbons (Fsp3) is 0.211. The minimum atomic E-state index is -3.75. The minimum Gasteiger partial charge on any atom is -0.494 e. The van der Waals surface area contributed by atoms with E-state index in [2.05, 4.69) is 16.0 Å². The lowest BCUT2D eigenvalue weighted by atomic mass is 10.2. The predicted octanol–water partition coefficient (Wildman–Crippen LogP) is 1.93. The first kappa shape index (κ1) is 19.5. The van der Waals surface area contributed by atoms with E-state index in [1.165, 1.54) is 18.2 Å². The van der Waals surface area contributed by atoms with Gasteiger partial charge in [0.05, 0.1) is 18.0 Å². The molecule has 0 unspecified atom stereocenters. The number of nitrogens with one attached hydrogen (secondary N) is 2. The van der Waals surface area contributed by atoms with Crippen molar-refractivity contribution in [2.75, 3.05) is 13.2 Å².